The van der Waals surface area contributed by atoms with Crippen LogP contribution in [0, 0.1) is 0 Å². The number of ketones is 1. The summed E-state index contributed by atoms with van der Waals surface area (Å²) in [6.07, 6.45) is 2.84. The van der Waals surface area contributed by atoms with Crippen LogP contribution in [0.5, 0.6) is 11.5 Å². The van der Waals surface area contributed by atoms with E-state index in [0.717, 1.165) is 18.4 Å². The van der Waals surface area contributed by atoms with Gasteiger partial charge in [0.25, 0.3) is 0 Å². The number of benzene rings is 2. The van der Waals surface area contributed by atoms with E-state index in [4.69, 9.17) is 25.8 Å². The summed E-state index contributed by atoms with van der Waals surface area (Å²) in [5, 5.41) is 9.19. The molecule has 0 aliphatic carbocycles. The summed E-state index contributed by atoms with van der Waals surface area (Å²) in [4.78, 5) is 25.6. The fourth-order valence-electron chi connectivity index (χ4n) is 4.08. The molecule has 0 saturated carbocycles. The van der Waals surface area contributed by atoms with E-state index < -0.39 is 20.1 Å². The van der Waals surface area contributed by atoms with E-state index >= 15 is 0 Å². The Morgan fingerprint density at radius 3 is 2.53 bits per heavy atom. The van der Waals surface area contributed by atoms with Gasteiger partial charge in [0.1, 0.15) is 34.6 Å². The van der Waals surface area contributed by atoms with Gasteiger partial charge in [-0.25, -0.2) is 9.48 Å². The van der Waals surface area contributed by atoms with Crippen molar-refractivity contribution in [1.29, 1.82) is 0 Å². The number of Topliss-reactive ketones (excluding diaryl/α,β-unsaturated/α-hetero) is 1. The molecule has 1 unspecified atom stereocenters. The van der Waals surface area contributed by atoms with E-state index in [9.17, 15) is 9.59 Å². The molecule has 0 radical (unpaired) electrons. The van der Waals surface area contributed by atoms with Gasteiger partial charge in [0.05, 0.1) is 15.2 Å². The van der Waals surface area contributed by atoms with Crippen molar-refractivity contribution in [3.63, 3.8) is 0 Å². The van der Waals surface area contributed by atoms with Gasteiger partial charge in [-0.3, -0.25) is 4.79 Å². The van der Waals surface area contributed by atoms with E-state index in [1.54, 1.807) is 35.0 Å². The monoisotopic (exact) mass is 527 g/mol. The molecule has 1 aromatic heterocycles. The molecule has 2 heterocycles. The summed E-state index contributed by atoms with van der Waals surface area (Å²) < 4.78 is 18.3. The van der Waals surface area contributed by atoms with Crippen molar-refractivity contribution < 1.29 is 23.8 Å². The van der Waals surface area contributed by atoms with Gasteiger partial charge < -0.3 is 14.2 Å². The van der Waals surface area contributed by atoms with Crippen LogP contribution in [0.3, 0.4) is 0 Å². The molecule has 1 aliphatic heterocycles. The number of hydrogen-bond donors (Lipinski definition) is 0. The van der Waals surface area contributed by atoms with Crippen molar-refractivity contribution in [1.82, 2.24) is 15.0 Å². The van der Waals surface area contributed by atoms with E-state index in [2.05, 4.69) is 30.0 Å². The number of ether oxygens (including phenoxy) is 3. The molecule has 8 nitrogen and oxygen atoms in total. The molecule has 190 valence electrons. The number of aromatic nitrogens is 3. The zero-order valence-electron chi connectivity index (χ0n) is 20.9. The van der Waals surface area contributed by atoms with E-state index in [1.165, 1.54) is 7.11 Å². The molecule has 1 fully saturated rings. The normalized spacial score (nSPS) is 16.0. The highest BCUT2D eigenvalue weighted by molar-refractivity contribution is 6.75. The summed E-state index contributed by atoms with van der Waals surface area (Å²) in [5.74, 6) is 0.179. The third-order valence-corrected chi connectivity index (χ3v) is 7.25. The molecular weight excluding hydrogens is 498 g/mol. The van der Waals surface area contributed by atoms with E-state index in [0.29, 0.717) is 41.4 Å². The van der Waals surface area contributed by atoms with Crippen molar-refractivity contribution in [2.45, 2.75) is 51.2 Å². The highest BCUT2D eigenvalue weighted by Crippen LogP contribution is 2.32. The highest BCUT2D eigenvalue weighted by Gasteiger charge is 2.31. The van der Waals surface area contributed by atoms with Gasteiger partial charge in [-0.15, -0.1) is 5.10 Å². The van der Waals surface area contributed by atoms with Crippen LogP contribution in [-0.2, 0) is 15.6 Å². The van der Waals surface area contributed by atoms with Gasteiger partial charge >= 0.3 is 5.97 Å². The molecule has 4 rings (SSSR count). The maximum atomic E-state index is 13.5. The van der Waals surface area contributed by atoms with Crippen LogP contribution in [0.15, 0.2) is 42.5 Å². The second-order valence-corrected chi connectivity index (χ2v) is 15.9. The number of rotatable bonds is 8. The van der Waals surface area contributed by atoms with Crippen molar-refractivity contribution in [2.24, 2.45) is 0 Å². The Morgan fingerprint density at radius 2 is 1.89 bits per heavy atom. The maximum absolute atomic E-state index is 13.5. The van der Waals surface area contributed by atoms with Crippen molar-refractivity contribution in [3.8, 4) is 22.8 Å². The minimum absolute atomic E-state index is 0.0741. The quantitative estimate of drug-likeness (QED) is 0.207. The molecule has 1 aliphatic rings. The number of carbonyl (C=O) groups is 2. The molecule has 0 spiro atoms. The number of nitrogens with zero attached hydrogens (tertiary/aromatic N) is 3. The Bertz CT molecular complexity index is 1250. The second-order valence-electron chi connectivity index (χ2n) is 9.98. The Labute approximate surface area is 216 Å². The number of carbonyl (C=O) groups excluding carboxylic acids is 2. The molecule has 2 aromatic carbocycles. The van der Waals surface area contributed by atoms with Crippen LogP contribution in [0.25, 0.3) is 11.3 Å². The Kier molecular flexibility index (Phi) is 7.92. The predicted molar refractivity (Wildman–Crippen MR) is 140 cm³/mol. The maximum Gasteiger partial charge on any atom is 0.341 e. The minimum Gasteiger partial charge on any atom is -0.465 e. The number of methoxy groups -OCH3 is 1. The van der Waals surface area contributed by atoms with Crippen LogP contribution >= 0.6 is 11.6 Å². The largest absolute Gasteiger partial charge is 0.465 e. The Hall–Kier alpha value is -3.01. The lowest BCUT2D eigenvalue weighted by molar-refractivity contribution is 0.0180. The van der Waals surface area contributed by atoms with Crippen LogP contribution in [-0.4, -0.2) is 54.6 Å². The average molecular weight is 528 g/mol. The van der Waals surface area contributed by atoms with Crippen LogP contribution in [0.2, 0.25) is 24.7 Å². The first-order valence-electron chi connectivity index (χ1n) is 11.9. The van der Waals surface area contributed by atoms with Crippen molar-refractivity contribution >= 4 is 31.4 Å². The number of hydrogen-bond acceptors (Lipinski definition) is 7. The minimum atomic E-state index is -1.59. The topological polar surface area (TPSA) is 92.5 Å². The van der Waals surface area contributed by atoms with Gasteiger partial charge in [-0.2, -0.15) is 0 Å². The Morgan fingerprint density at radius 1 is 1.14 bits per heavy atom. The summed E-state index contributed by atoms with van der Waals surface area (Å²) in [7, 11) is -0.281. The van der Waals surface area contributed by atoms with Gasteiger partial charge in [0.2, 0.25) is 5.78 Å². The van der Waals surface area contributed by atoms with Crippen LogP contribution in [0.4, 0.5) is 0 Å². The lowest BCUT2D eigenvalue weighted by atomic mass is 10.00. The molecular formula is C26H30ClN3O5Si. The van der Waals surface area contributed by atoms with Crippen molar-refractivity contribution in [2.75, 3.05) is 13.7 Å². The summed E-state index contributed by atoms with van der Waals surface area (Å²) in [6, 6.07) is 11.9. The van der Waals surface area contributed by atoms with E-state index in [-0.39, 0.29) is 17.1 Å². The average Bonchev–Trinajstić information content (AvgIpc) is 3.26. The van der Waals surface area contributed by atoms with Crippen molar-refractivity contribution in [3.05, 3.63) is 58.7 Å². The third kappa shape index (κ3) is 6.03. The third-order valence-electron chi connectivity index (χ3n) is 5.77. The first-order valence-corrected chi connectivity index (χ1v) is 16.0. The molecule has 3 aromatic rings. The molecule has 0 bridgehead atoms. The summed E-state index contributed by atoms with van der Waals surface area (Å²) in [5.41, 5.74) is 2.01. The standard InChI is InChI=1S/C26H30ClN3O5Si/c1-33-26(32)20-13-10-18(27)15-22(20)35-19-11-8-17(9-12-19)23-24(25(31)21-7-5-6-14-34-21)30(29-28-23)16-36(2,3)4/h8-13,15,21H,5-7,14,16H2,1-4H3. The van der Waals surface area contributed by atoms with Gasteiger partial charge in [-0.05, 0) is 55.7 Å². The molecule has 1 atom stereocenters. The highest BCUT2D eigenvalue weighted by atomic mass is 35.5. The molecule has 10 heteroatoms. The molecule has 0 N–H and O–H groups in total. The molecule has 1 saturated heterocycles. The first kappa shape index (κ1) is 26.1. The zero-order valence-corrected chi connectivity index (χ0v) is 22.7. The lowest BCUT2D eigenvalue weighted by Crippen LogP contribution is -2.34. The van der Waals surface area contributed by atoms with Gasteiger partial charge in [0.15, 0.2) is 0 Å². The lowest BCUT2D eigenvalue weighted by Gasteiger charge is -2.23. The summed E-state index contributed by atoms with van der Waals surface area (Å²) in [6.45, 7) is 7.27. The fourth-order valence-corrected chi connectivity index (χ4v) is 5.36. The van der Waals surface area contributed by atoms with Gasteiger partial charge in [-0.1, -0.05) is 36.5 Å². The first-order chi connectivity index (χ1) is 17.2. The summed E-state index contributed by atoms with van der Waals surface area (Å²) >= 11 is 6.11. The Balaban J connectivity index is 1.65. The number of esters is 1. The fraction of sp³-hybridized carbons (Fsp3) is 0.385. The smallest absolute Gasteiger partial charge is 0.341 e. The van der Waals surface area contributed by atoms with Gasteiger partial charge in [0, 0.05) is 29.4 Å². The second kappa shape index (κ2) is 10.9. The van der Waals surface area contributed by atoms with Crippen LogP contribution in [0.1, 0.15) is 40.1 Å². The van der Waals surface area contributed by atoms with E-state index in [1.807, 2.05) is 12.1 Å². The van der Waals surface area contributed by atoms with Crippen LogP contribution < -0.4 is 4.74 Å². The molecule has 0 amide bonds. The predicted octanol–water partition coefficient (Wildman–Crippen LogP) is 5.81. The number of halogens is 1. The zero-order chi connectivity index (χ0) is 25.9. The molecule has 36 heavy (non-hydrogen) atoms. The SMILES string of the molecule is COC(=O)c1ccc(Cl)cc1Oc1ccc(-c2nnn(C[Si](C)(C)C)c2C(=O)C2CCCCO2)cc1.